The van der Waals surface area contributed by atoms with E-state index in [2.05, 4.69) is 5.32 Å². The average molecular weight is 371 g/mol. The first-order chi connectivity index (χ1) is 12.5. The van der Waals surface area contributed by atoms with Crippen LogP contribution in [0.5, 0.6) is 0 Å². The maximum Gasteiger partial charge on any atom is 0.316 e. The second kappa shape index (κ2) is 9.77. The molecule has 0 saturated heterocycles. The Balaban J connectivity index is 1.72. The van der Waals surface area contributed by atoms with Crippen LogP contribution in [0.3, 0.4) is 0 Å². The Kier molecular flexibility index (Phi) is 7.41. The van der Waals surface area contributed by atoms with Gasteiger partial charge in [0.15, 0.2) is 12.4 Å². The molecule has 6 heteroatoms. The number of nitrogens with one attached hydrogen (secondary N) is 1. The first kappa shape index (κ1) is 19.7. The molecular weight excluding hydrogens is 350 g/mol. The lowest BCUT2D eigenvalue weighted by Crippen LogP contribution is -2.22. The fraction of sp³-hybridized carbons (Fsp3) is 0.250. The molecule has 1 N–H and O–H groups in total. The van der Waals surface area contributed by atoms with E-state index in [1.807, 2.05) is 31.2 Å². The van der Waals surface area contributed by atoms with Crippen LogP contribution in [0.15, 0.2) is 48.5 Å². The van der Waals surface area contributed by atoms with Gasteiger partial charge in [-0.1, -0.05) is 42.0 Å². The standard InChI is InChI=1S/C20H21NO4S/c1-14-7-9-16(10-8-14)12-26-13-20(24)25-11-19(23)21-18-6-4-3-5-17(18)15(2)22/h3-10H,11-13H2,1-2H3,(H,21,23). The minimum absolute atomic E-state index is 0.148. The lowest BCUT2D eigenvalue weighted by Gasteiger charge is -2.09. The average Bonchev–Trinajstić information content (AvgIpc) is 2.62. The van der Waals surface area contributed by atoms with E-state index in [9.17, 15) is 14.4 Å². The van der Waals surface area contributed by atoms with Crippen molar-refractivity contribution >= 4 is 35.1 Å². The van der Waals surface area contributed by atoms with Crippen molar-refractivity contribution in [3.63, 3.8) is 0 Å². The molecule has 0 bridgehead atoms. The third kappa shape index (κ3) is 6.37. The van der Waals surface area contributed by atoms with Crippen molar-refractivity contribution in [2.75, 3.05) is 17.7 Å². The van der Waals surface area contributed by atoms with E-state index < -0.39 is 11.9 Å². The fourth-order valence-electron chi connectivity index (χ4n) is 2.21. The Bertz CT molecular complexity index is 787. The van der Waals surface area contributed by atoms with E-state index in [4.69, 9.17) is 4.74 Å². The first-order valence-corrected chi connectivity index (χ1v) is 9.30. The summed E-state index contributed by atoms with van der Waals surface area (Å²) in [6.45, 7) is 3.07. The second-order valence-corrected chi connectivity index (χ2v) is 6.77. The molecule has 0 fully saturated rings. The summed E-state index contributed by atoms with van der Waals surface area (Å²) in [6, 6.07) is 14.8. The molecule has 0 heterocycles. The van der Waals surface area contributed by atoms with E-state index >= 15 is 0 Å². The normalized spacial score (nSPS) is 10.2. The molecule has 1 amide bonds. The third-order valence-electron chi connectivity index (χ3n) is 3.55. The summed E-state index contributed by atoms with van der Waals surface area (Å²) in [5.74, 6) is -0.197. The molecule has 0 unspecified atom stereocenters. The van der Waals surface area contributed by atoms with Crippen LogP contribution in [0.1, 0.15) is 28.4 Å². The maximum absolute atomic E-state index is 11.9. The summed E-state index contributed by atoms with van der Waals surface area (Å²) in [6.07, 6.45) is 0. The zero-order valence-electron chi connectivity index (χ0n) is 14.8. The molecule has 0 aliphatic rings. The van der Waals surface area contributed by atoms with Crippen LogP contribution in [0.4, 0.5) is 5.69 Å². The van der Waals surface area contributed by atoms with Gasteiger partial charge in [-0.05, 0) is 31.5 Å². The molecule has 0 aromatic heterocycles. The molecule has 0 spiro atoms. The molecule has 0 atom stereocenters. The Labute approximate surface area is 157 Å². The first-order valence-electron chi connectivity index (χ1n) is 8.14. The van der Waals surface area contributed by atoms with Gasteiger partial charge in [-0.3, -0.25) is 14.4 Å². The van der Waals surface area contributed by atoms with Gasteiger partial charge in [0, 0.05) is 11.3 Å². The van der Waals surface area contributed by atoms with E-state index in [1.165, 1.54) is 24.2 Å². The van der Waals surface area contributed by atoms with Gasteiger partial charge in [0.25, 0.3) is 5.91 Å². The monoisotopic (exact) mass is 371 g/mol. The Morgan fingerprint density at radius 1 is 1.04 bits per heavy atom. The van der Waals surface area contributed by atoms with Gasteiger partial charge in [-0.25, -0.2) is 0 Å². The maximum atomic E-state index is 11.9. The van der Waals surface area contributed by atoms with E-state index in [-0.39, 0.29) is 18.1 Å². The highest BCUT2D eigenvalue weighted by atomic mass is 32.2. The number of thioether (sulfide) groups is 1. The van der Waals surface area contributed by atoms with Gasteiger partial charge < -0.3 is 10.1 Å². The van der Waals surface area contributed by atoms with Crippen molar-refractivity contribution in [2.45, 2.75) is 19.6 Å². The molecule has 136 valence electrons. The van der Waals surface area contributed by atoms with Crippen LogP contribution in [0, 0.1) is 6.92 Å². The minimum atomic E-state index is -0.476. The van der Waals surface area contributed by atoms with Gasteiger partial charge in [0.05, 0.1) is 11.4 Å². The number of anilines is 1. The van der Waals surface area contributed by atoms with E-state index in [0.29, 0.717) is 17.0 Å². The van der Waals surface area contributed by atoms with Crippen LogP contribution in [-0.2, 0) is 20.1 Å². The number of carbonyl (C=O) groups excluding carboxylic acids is 3. The van der Waals surface area contributed by atoms with E-state index in [1.54, 1.807) is 24.3 Å². The number of esters is 1. The van der Waals surface area contributed by atoms with Crippen LogP contribution in [0.2, 0.25) is 0 Å². The summed E-state index contributed by atoms with van der Waals surface area (Å²) in [5, 5.41) is 2.59. The molecule has 0 saturated carbocycles. The number of carbonyl (C=O) groups is 3. The van der Waals surface area contributed by atoms with E-state index in [0.717, 1.165) is 5.56 Å². The van der Waals surface area contributed by atoms with Gasteiger partial charge in [0.1, 0.15) is 0 Å². The number of ketones is 1. The van der Waals surface area contributed by atoms with Crippen molar-refractivity contribution in [3.8, 4) is 0 Å². The highest BCUT2D eigenvalue weighted by Crippen LogP contribution is 2.16. The number of hydrogen-bond donors (Lipinski definition) is 1. The van der Waals surface area contributed by atoms with Crippen molar-refractivity contribution in [3.05, 3.63) is 65.2 Å². The van der Waals surface area contributed by atoms with Gasteiger partial charge in [-0.2, -0.15) is 0 Å². The second-order valence-electron chi connectivity index (χ2n) is 5.79. The van der Waals surface area contributed by atoms with Crippen molar-refractivity contribution < 1.29 is 19.1 Å². The molecular formula is C20H21NO4S. The Hall–Kier alpha value is -2.60. The van der Waals surface area contributed by atoms with Gasteiger partial charge >= 0.3 is 5.97 Å². The number of benzene rings is 2. The number of hydrogen-bond acceptors (Lipinski definition) is 5. The lowest BCUT2D eigenvalue weighted by molar-refractivity contribution is -0.144. The van der Waals surface area contributed by atoms with Crippen LogP contribution in [0.25, 0.3) is 0 Å². The summed E-state index contributed by atoms with van der Waals surface area (Å²) < 4.78 is 4.98. The fourth-order valence-corrected chi connectivity index (χ4v) is 2.99. The number of aryl methyl sites for hydroxylation is 1. The number of para-hydroxylation sites is 1. The molecule has 5 nitrogen and oxygen atoms in total. The molecule has 2 aromatic rings. The molecule has 0 aliphatic heterocycles. The number of Topliss-reactive ketones (excluding diaryl/α,β-unsaturated/α-hetero) is 1. The minimum Gasteiger partial charge on any atom is -0.455 e. The SMILES string of the molecule is CC(=O)c1ccccc1NC(=O)COC(=O)CSCc1ccc(C)cc1. The predicted octanol–water partition coefficient (Wildman–Crippen LogP) is 3.61. The third-order valence-corrected chi connectivity index (χ3v) is 4.53. The quantitative estimate of drug-likeness (QED) is 0.567. The van der Waals surface area contributed by atoms with Crippen molar-refractivity contribution in [1.29, 1.82) is 0 Å². The largest absolute Gasteiger partial charge is 0.455 e. The topological polar surface area (TPSA) is 72.5 Å². The predicted molar refractivity (Wildman–Crippen MR) is 103 cm³/mol. The highest BCUT2D eigenvalue weighted by molar-refractivity contribution is 7.99. The zero-order valence-corrected chi connectivity index (χ0v) is 15.6. The molecule has 2 aromatic carbocycles. The van der Waals surface area contributed by atoms with Crippen LogP contribution in [-0.4, -0.2) is 30.0 Å². The summed E-state index contributed by atoms with van der Waals surface area (Å²) >= 11 is 1.43. The number of rotatable bonds is 8. The molecule has 2 rings (SSSR count). The van der Waals surface area contributed by atoms with Crippen molar-refractivity contribution in [1.82, 2.24) is 0 Å². The van der Waals surface area contributed by atoms with Crippen molar-refractivity contribution in [2.24, 2.45) is 0 Å². The number of ether oxygens (including phenoxy) is 1. The summed E-state index contributed by atoms with van der Waals surface area (Å²) in [7, 11) is 0. The zero-order chi connectivity index (χ0) is 18.9. The Morgan fingerprint density at radius 3 is 2.42 bits per heavy atom. The lowest BCUT2D eigenvalue weighted by atomic mass is 10.1. The molecule has 0 aliphatic carbocycles. The van der Waals surface area contributed by atoms with Gasteiger partial charge in [-0.15, -0.1) is 11.8 Å². The Morgan fingerprint density at radius 2 is 1.73 bits per heavy atom. The summed E-state index contributed by atoms with van der Waals surface area (Å²) in [4.78, 5) is 35.2. The van der Waals surface area contributed by atoms with Crippen LogP contribution >= 0.6 is 11.8 Å². The molecule has 26 heavy (non-hydrogen) atoms. The summed E-state index contributed by atoms with van der Waals surface area (Å²) in [5.41, 5.74) is 3.15. The van der Waals surface area contributed by atoms with Gasteiger partial charge in [0.2, 0.25) is 0 Å². The smallest absolute Gasteiger partial charge is 0.316 e. The highest BCUT2D eigenvalue weighted by Gasteiger charge is 2.12. The number of amides is 1. The van der Waals surface area contributed by atoms with Crippen LogP contribution < -0.4 is 5.32 Å². The molecule has 0 radical (unpaired) electrons.